The van der Waals surface area contributed by atoms with E-state index >= 15 is 0 Å². The zero-order valence-corrected chi connectivity index (χ0v) is 7.14. The summed E-state index contributed by atoms with van der Waals surface area (Å²) >= 11 is 0. The minimum absolute atomic E-state index is 0. The predicted octanol–water partition coefficient (Wildman–Crippen LogP) is 3.03. The van der Waals surface area contributed by atoms with Gasteiger partial charge in [0, 0.05) is 0 Å². The summed E-state index contributed by atoms with van der Waals surface area (Å²) in [6.07, 6.45) is 1.27. The molecule has 0 unspecified atom stereocenters. The van der Waals surface area contributed by atoms with E-state index in [-0.39, 0.29) is 18.6 Å². The molecule has 0 saturated heterocycles. The zero-order chi connectivity index (χ0) is 5.21. The van der Waals surface area contributed by atoms with E-state index in [1.807, 2.05) is 0 Å². The van der Waals surface area contributed by atoms with Gasteiger partial charge in [0.1, 0.15) is 0 Å². The zero-order valence-electron chi connectivity index (χ0n) is 6.32. The van der Waals surface area contributed by atoms with Crippen molar-refractivity contribution in [2.24, 2.45) is 5.41 Å². The van der Waals surface area contributed by atoms with Crippen LogP contribution >= 0.6 is 12.4 Å². The molecular formula is C6H18ClN. The van der Waals surface area contributed by atoms with Crippen LogP contribution in [0.1, 0.15) is 34.1 Å². The number of rotatable bonds is 0. The van der Waals surface area contributed by atoms with Crippen LogP contribution in [0.25, 0.3) is 0 Å². The van der Waals surface area contributed by atoms with Crippen LogP contribution in [0.4, 0.5) is 0 Å². The summed E-state index contributed by atoms with van der Waals surface area (Å²) in [6, 6.07) is 0. The molecule has 0 bridgehead atoms. The van der Waals surface area contributed by atoms with Crippen LogP contribution in [0.2, 0.25) is 0 Å². The van der Waals surface area contributed by atoms with Gasteiger partial charge in [0.25, 0.3) is 0 Å². The summed E-state index contributed by atoms with van der Waals surface area (Å²) in [4.78, 5) is 0. The van der Waals surface area contributed by atoms with Crippen LogP contribution in [-0.2, 0) is 0 Å². The normalized spacial score (nSPS) is 9.00. The molecule has 0 rings (SSSR count). The van der Waals surface area contributed by atoms with Gasteiger partial charge in [0.15, 0.2) is 0 Å². The summed E-state index contributed by atoms with van der Waals surface area (Å²) in [5, 5.41) is 0. The molecule has 0 aromatic heterocycles. The molecule has 0 aliphatic rings. The van der Waals surface area contributed by atoms with E-state index in [4.69, 9.17) is 0 Å². The molecule has 3 N–H and O–H groups in total. The first-order valence-electron chi connectivity index (χ1n) is 2.56. The van der Waals surface area contributed by atoms with Gasteiger partial charge in [-0.2, -0.15) is 0 Å². The molecule has 0 heterocycles. The molecule has 0 radical (unpaired) electrons. The van der Waals surface area contributed by atoms with Crippen molar-refractivity contribution in [3.8, 4) is 0 Å². The second-order valence-corrected chi connectivity index (χ2v) is 2.91. The fourth-order valence-electron chi connectivity index (χ4n) is 0. The molecule has 8 heavy (non-hydrogen) atoms. The number of hydrogen-bond donors (Lipinski definition) is 1. The fourth-order valence-corrected chi connectivity index (χ4v) is 0. The van der Waals surface area contributed by atoms with Crippen molar-refractivity contribution in [2.75, 3.05) is 0 Å². The lowest BCUT2D eigenvalue weighted by Crippen LogP contribution is -2.00. The summed E-state index contributed by atoms with van der Waals surface area (Å²) in [5.74, 6) is 0. The molecule has 0 aliphatic heterocycles. The maximum Gasteiger partial charge on any atom is -0.0385 e. The molecule has 0 atom stereocenters. The highest BCUT2D eigenvalue weighted by Gasteiger charge is 2.03. The topological polar surface area (TPSA) is 35.0 Å². The fraction of sp³-hybridized carbons (Fsp3) is 1.00. The lowest BCUT2D eigenvalue weighted by molar-refractivity contribution is 0.398. The van der Waals surface area contributed by atoms with Crippen molar-refractivity contribution >= 4 is 12.4 Å². The van der Waals surface area contributed by atoms with Crippen molar-refractivity contribution in [3.05, 3.63) is 0 Å². The van der Waals surface area contributed by atoms with E-state index in [9.17, 15) is 0 Å². The van der Waals surface area contributed by atoms with Crippen molar-refractivity contribution in [1.82, 2.24) is 6.15 Å². The highest BCUT2D eigenvalue weighted by molar-refractivity contribution is 5.85. The van der Waals surface area contributed by atoms with Gasteiger partial charge in [0.05, 0.1) is 0 Å². The molecule has 0 aromatic rings. The Morgan fingerprint density at radius 2 is 1.25 bits per heavy atom. The Balaban J connectivity index is -0.000000125. The predicted molar refractivity (Wildman–Crippen MR) is 42.0 cm³/mol. The van der Waals surface area contributed by atoms with Gasteiger partial charge < -0.3 is 6.15 Å². The van der Waals surface area contributed by atoms with Crippen molar-refractivity contribution in [3.63, 3.8) is 0 Å². The molecule has 54 valence electrons. The first kappa shape index (κ1) is 15.7. The van der Waals surface area contributed by atoms with E-state index in [0.29, 0.717) is 5.41 Å². The second-order valence-electron chi connectivity index (χ2n) is 2.91. The maximum atomic E-state index is 2.24. The molecular weight excluding hydrogens is 122 g/mol. The SMILES string of the molecule is CCC(C)(C)C.Cl.N. The lowest BCUT2D eigenvalue weighted by atomic mass is 9.94. The van der Waals surface area contributed by atoms with Gasteiger partial charge in [-0.05, 0) is 5.41 Å². The molecule has 0 fully saturated rings. The maximum absolute atomic E-state index is 2.24. The Morgan fingerprint density at radius 3 is 1.25 bits per heavy atom. The van der Waals surface area contributed by atoms with Crippen LogP contribution in [-0.4, -0.2) is 0 Å². The van der Waals surface area contributed by atoms with Gasteiger partial charge in [-0.3, -0.25) is 0 Å². The average Bonchev–Trinajstić information content (AvgIpc) is 1.35. The Bertz CT molecular complexity index is 38.3. The van der Waals surface area contributed by atoms with Crippen LogP contribution < -0.4 is 6.15 Å². The molecule has 0 aliphatic carbocycles. The van der Waals surface area contributed by atoms with E-state index in [0.717, 1.165) is 0 Å². The third-order valence-electron chi connectivity index (χ3n) is 1.06. The van der Waals surface area contributed by atoms with Gasteiger partial charge in [-0.15, -0.1) is 12.4 Å². The van der Waals surface area contributed by atoms with Crippen LogP contribution in [0.15, 0.2) is 0 Å². The lowest BCUT2D eigenvalue weighted by Gasteiger charge is -2.12. The third-order valence-corrected chi connectivity index (χ3v) is 1.06. The monoisotopic (exact) mass is 139 g/mol. The Kier molecular flexibility index (Phi) is 10.6. The molecule has 0 spiro atoms. The first-order chi connectivity index (χ1) is 2.56. The van der Waals surface area contributed by atoms with E-state index < -0.39 is 0 Å². The highest BCUT2D eigenvalue weighted by Crippen LogP contribution is 2.16. The summed E-state index contributed by atoms with van der Waals surface area (Å²) in [6.45, 7) is 8.94. The van der Waals surface area contributed by atoms with Crippen molar-refractivity contribution < 1.29 is 0 Å². The van der Waals surface area contributed by atoms with Crippen molar-refractivity contribution in [1.29, 1.82) is 0 Å². The van der Waals surface area contributed by atoms with Crippen LogP contribution in [0.5, 0.6) is 0 Å². The summed E-state index contributed by atoms with van der Waals surface area (Å²) in [5.41, 5.74) is 0.542. The number of halogens is 1. The largest absolute Gasteiger partial charge is 0.344 e. The molecule has 1 nitrogen and oxygen atoms in total. The number of hydrogen-bond acceptors (Lipinski definition) is 1. The molecule has 0 aromatic carbocycles. The minimum Gasteiger partial charge on any atom is -0.344 e. The summed E-state index contributed by atoms with van der Waals surface area (Å²) < 4.78 is 0. The van der Waals surface area contributed by atoms with Gasteiger partial charge >= 0.3 is 0 Å². The minimum atomic E-state index is 0. The first-order valence-corrected chi connectivity index (χ1v) is 2.56. The Morgan fingerprint density at radius 1 is 1.12 bits per heavy atom. The van der Waals surface area contributed by atoms with E-state index in [1.54, 1.807) is 0 Å². The average molecular weight is 140 g/mol. The third kappa shape index (κ3) is 16.3. The smallest absolute Gasteiger partial charge is 0.0385 e. The molecule has 0 saturated carbocycles. The van der Waals surface area contributed by atoms with Gasteiger partial charge in [-0.1, -0.05) is 34.1 Å². The second kappa shape index (κ2) is 5.39. The Labute approximate surface area is 58.9 Å². The van der Waals surface area contributed by atoms with Crippen molar-refractivity contribution in [2.45, 2.75) is 34.1 Å². The Hall–Kier alpha value is 0.250. The van der Waals surface area contributed by atoms with Crippen LogP contribution in [0, 0.1) is 5.41 Å². The molecule has 2 heteroatoms. The van der Waals surface area contributed by atoms with E-state index in [1.165, 1.54) is 6.42 Å². The van der Waals surface area contributed by atoms with Gasteiger partial charge in [0.2, 0.25) is 0 Å². The standard InChI is InChI=1S/C6H14.ClH.H3N/c1-5-6(2,3)4;;/h5H2,1-4H3;1H;1H3. The molecule has 0 amide bonds. The highest BCUT2D eigenvalue weighted by atomic mass is 35.5. The quantitative estimate of drug-likeness (QED) is 0.550. The summed E-state index contributed by atoms with van der Waals surface area (Å²) in [7, 11) is 0. The van der Waals surface area contributed by atoms with Gasteiger partial charge in [-0.25, -0.2) is 0 Å². The van der Waals surface area contributed by atoms with Crippen LogP contribution in [0.3, 0.4) is 0 Å². The van der Waals surface area contributed by atoms with E-state index in [2.05, 4.69) is 27.7 Å².